The number of halogens is 1. The fourth-order valence-corrected chi connectivity index (χ4v) is 2.22. The van der Waals surface area contributed by atoms with E-state index in [-0.39, 0.29) is 11.7 Å². The van der Waals surface area contributed by atoms with Crippen LogP contribution in [-0.2, 0) is 0 Å². The standard InChI is InChI=1S/C12H18ClNO/c1-6(5-14)10-7(2)8(3)12(15)11(13)9(10)4/h6,15H,5,14H2,1-4H3. The Hall–Kier alpha value is -0.730. The van der Waals surface area contributed by atoms with E-state index in [1.54, 1.807) is 0 Å². The Kier molecular flexibility index (Phi) is 3.63. The molecule has 1 atom stereocenters. The number of phenolic OH excluding ortho intramolecular Hbond substituents is 1. The van der Waals surface area contributed by atoms with Gasteiger partial charge >= 0.3 is 0 Å². The third-order valence-electron chi connectivity index (χ3n) is 3.11. The van der Waals surface area contributed by atoms with Crippen molar-refractivity contribution in [1.29, 1.82) is 0 Å². The number of nitrogens with two attached hydrogens (primary N) is 1. The summed E-state index contributed by atoms with van der Waals surface area (Å²) in [5, 5.41) is 10.2. The van der Waals surface area contributed by atoms with Crippen LogP contribution in [0.1, 0.15) is 35.1 Å². The first-order valence-electron chi connectivity index (χ1n) is 5.10. The van der Waals surface area contributed by atoms with Gasteiger partial charge < -0.3 is 10.8 Å². The van der Waals surface area contributed by atoms with Gasteiger partial charge in [0.15, 0.2) is 0 Å². The monoisotopic (exact) mass is 227 g/mol. The molecule has 15 heavy (non-hydrogen) atoms. The summed E-state index contributed by atoms with van der Waals surface area (Å²) in [6.07, 6.45) is 0. The summed E-state index contributed by atoms with van der Waals surface area (Å²) in [5.74, 6) is 0.460. The number of hydrogen-bond acceptors (Lipinski definition) is 2. The van der Waals surface area contributed by atoms with Crippen molar-refractivity contribution in [3.05, 3.63) is 27.3 Å². The molecule has 1 aromatic rings. The molecule has 3 N–H and O–H groups in total. The molecule has 1 aromatic carbocycles. The first kappa shape index (κ1) is 12.3. The fraction of sp³-hybridized carbons (Fsp3) is 0.500. The van der Waals surface area contributed by atoms with E-state index in [1.807, 2.05) is 20.8 Å². The second kappa shape index (κ2) is 4.42. The summed E-state index contributed by atoms with van der Waals surface area (Å²) in [6, 6.07) is 0. The summed E-state index contributed by atoms with van der Waals surface area (Å²) in [7, 11) is 0. The maximum atomic E-state index is 9.78. The van der Waals surface area contributed by atoms with Crippen molar-refractivity contribution in [2.24, 2.45) is 5.73 Å². The highest BCUT2D eigenvalue weighted by Gasteiger charge is 2.18. The van der Waals surface area contributed by atoms with Crippen LogP contribution >= 0.6 is 11.6 Å². The van der Waals surface area contributed by atoms with Crippen LogP contribution in [0.25, 0.3) is 0 Å². The topological polar surface area (TPSA) is 46.2 Å². The summed E-state index contributed by atoms with van der Waals surface area (Å²) in [5.41, 5.74) is 9.72. The normalized spacial score (nSPS) is 12.9. The first-order chi connectivity index (χ1) is 6.91. The van der Waals surface area contributed by atoms with Crippen molar-refractivity contribution in [2.45, 2.75) is 33.6 Å². The number of rotatable bonds is 2. The molecule has 2 nitrogen and oxygen atoms in total. The zero-order valence-electron chi connectivity index (χ0n) is 9.69. The van der Waals surface area contributed by atoms with E-state index >= 15 is 0 Å². The minimum absolute atomic E-state index is 0.194. The van der Waals surface area contributed by atoms with Crippen molar-refractivity contribution in [3.63, 3.8) is 0 Å². The molecule has 0 saturated heterocycles. The summed E-state index contributed by atoms with van der Waals surface area (Å²) >= 11 is 6.07. The zero-order valence-corrected chi connectivity index (χ0v) is 10.4. The van der Waals surface area contributed by atoms with Gasteiger partial charge in [-0.15, -0.1) is 0 Å². The van der Waals surface area contributed by atoms with E-state index in [9.17, 15) is 5.11 Å². The molecule has 0 saturated carbocycles. The van der Waals surface area contributed by atoms with Crippen LogP contribution < -0.4 is 5.73 Å². The molecule has 0 radical (unpaired) electrons. The van der Waals surface area contributed by atoms with Crippen LogP contribution in [0.3, 0.4) is 0 Å². The van der Waals surface area contributed by atoms with Gasteiger partial charge in [-0.05, 0) is 55.5 Å². The predicted molar refractivity (Wildman–Crippen MR) is 64.8 cm³/mol. The molecular formula is C12H18ClNO. The third-order valence-corrected chi connectivity index (χ3v) is 3.57. The molecule has 0 amide bonds. The van der Waals surface area contributed by atoms with Gasteiger partial charge in [0.25, 0.3) is 0 Å². The number of benzene rings is 1. The van der Waals surface area contributed by atoms with Crippen molar-refractivity contribution in [3.8, 4) is 5.75 Å². The lowest BCUT2D eigenvalue weighted by atomic mass is 9.89. The van der Waals surface area contributed by atoms with Crippen LogP contribution in [0, 0.1) is 20.8 Å². The highest BCUT2D eigenvalue weighted by atomic mass is 35.5. The summed E-state index contributed by atoms with van der Waals surface area (Å²) < 4.78 is 0. The molecule has 0 bridgehead atoms. The van der Waals surface area contributed by atoms with E-state index in [2.05, 4.69) is 6.92 Å². The molecule has 0 heterocycles. The molecule has 1 rings (SSSR count). The highest BCUT2D eigenvalue weighted by Crippen LogP contribution is 2.38. The van der Waals surface area contributed by atoms with E-state index in [1.165, 1.54) is 0 Å². The largest absolute Gasteiger partial charge is 0.506 e. The Labute approximate surface area is 96.1 Å². The molecule has 84 valence electrons. The predicted octanol–water partition coefficient (Wildman–Crippen LogP) is 3.03. The third kappa shape index (κ3) is 1.97. The lowest BCUT2D eigenvalue weighted by Crippen LogP contribution is -2.12. The average molecular weight is 228 g/mol. The molecule has 0 fully saturated rings. The molecule has 0 aliphatic carbocycles. The van der Waals surface area contributed by atoms with Gasteiger partial charge in [-0.3, -0.25) is 0 Å². The first-order valence-corrected chi connectivity index (χ1v) is 5.47. The number of phenols is 1. The van der Waals surface area contributed by atoms with Gasteiger partial charge in [-0.2, -0.15) is 0 Å². The van der Waals surface area contributed by atoms with Crippen LogP contribution in [-0.4, -0.2) is 11.7 Å². The van der Waals surface area contributed by atoms with Gasteiger partial charge in [-0.1, -0.05) is 18.5 Å². The Morgan fingerprint density at radius 1 is 1.20 bits per heavy atom. The number of aromatic hydroxyl groups is 1. The second-order valence-corrected chi connectivity index (χ2v) is 4.47. The van der Waals surface area contributed by atoms with Gasteiger partial charge in [-0.25, -0.2) is 0 Å². The van der Waals surface area contributed by atoms with Crippen LogP contribution in [0.4, 0.5) is 0 Å². The molecular weight excluding hydrogens is 210 g/mol. The zero-order chi connectivity index (χ0) is 11.7. The van der Waals surface area contributed by atoms with E-state index in [0.717, 1.165) is 22.3 Å². The van der Waals surface area contributed by atoms with Gasteiger partial charge in [0.2, 0.25) is 0 Å². The lowest BCUT2D eigenvalue weighted by Gasteiger charge is -2.20. The second-order valence-electron chi connectivity index (χ2n) is 4.09. The Morgan fingerprint density at radius 3 is 2.20 bits per heavy atom. The smallest absolute Gasteiger partial charge is 0.137 e. The Balaban J connectivity index is 3.52. The summed E-state index contributed by atoms with van der Waals surface area (Å²) in [4.78, 5) is 0. The molecule has 3 heteroatoms. The number of hydrogen-bond donors (Lipinski definition) is 2. The quantitative estimate of drug-likeness (QED) is 0.816. The minimum Gasteiger partial charge on any atom is -0.506 e. The van der Waals surface area contributed by atoms with E-state index < -0.39 is 0 Å². The SMILES string of the molecule is Cc1c(C)c(C(C)CN)c(C)c(Cl)c1O. The van der Waals surface area contributed by atoms with Crippen molar-refractivity contribution >= 4 is 11.6 Å². The lowest BCUT2D eigenvalue weighted by molar-refractivity contribution is 0.469. The maximum absolute atomic E-state index is 9.78. The van der Waals surface area contributed by atoms with Crippen molar-refractivity contribution < 1.29 is 5.11 Å². The Morgan fingerprint density at radius 2 is 1.73 bits per heavy atom. The van der Waals surface area contributed by atoms with Gasteiger partial charge in [0.05, 0.1) is 5.02 Å². The summed E-state index contributed by atoms with van der Waals surface area (Å²) in [6.45, 7) is 8.46. The van der Waals surface area contributed by atoms with Gasteiger partial charge in [0.1, 0.15) is 5.75 Å². The molecule has 0 spiro atoms. The maximum Gasteiger partial charge on any atom is 0.137 e. The van der Waals surface area contributed by atoms with Crippen molar-refractivity contribution in [2.75, 3.05) is 6.54 Å². The Bertz CT molecular complexity index is 359. The minimum atomic E-state index is 0.194. The van der Waals surface area contributed by atoms with Crippen molar-refractivity contribution in [1.82, 2.24) is 0 Å². The fourth-order valence-electron chi connectivity index (χ4n) is 1.98. The molecule has 0 aliphatic heterocycles. The van der Waals surface area contributed by atoms with E-state index in [4.69, 9.17) is 17.3 Å². The average Bonchev–Trinajstić information content (AvgIpc) is 2.23. The highest BCUT2D eigenvalue weighted by molar-refractivity contribution is 6.33. The van der Waals surface area contributed by atoms with Crippen LogP contribution in [0.5, 0.6) is 5.75 Å². The van der Waals surface area contributed by atoms with Crippen LogP contribution in [0.2, 0.25) is 5.02 Å². The molecule has 0 aromatic heterocycles. The van der Waals surface area contributed by atoms with Crippen LogP contribution in [0.15, 0.2) is 0 Å². The molecule has 0 aliphatic rings. The van der Waals surface area contributed by atoms with E-state index in [0.29, 0.717) is 11.6 Å². The molecule has 1 unspecified atom stereocenters. The van der Waals surface area contributed by atoms with Gasteiger partial charge in [0, 0.05) is 0 Å².